The first-order valence-electron chi connectivity index (χ1n) is 16.4. The highest BCUT2D eigenvalue weighted by Gasteiger charge is 2.26. The van der Waals surface area contributed by atoms with Crippen molar-refractivity contribution < 1.29 is 14.3 Å². The Morgan fingerprint density at radius 1 is 1.11 bits per heavy atom. The van der Waals surface area contributed by atoms with Gasteiger partial charge in [0.1, 0.15) is 11.3 Å². The van der Waals surface area contributed by atoms with Gasteiger partial charge in [0, 0.05) is 63.5 Å². The number of methoxy groups -OCH3 is 1. The average Bonchev–Trinajstić information content (AvgIpc) is 3.41. The smallest absolute Gasteiger partial charge is 0.309 e. The molecule has 2 aliphatic rings. The first kappa shape index (κ1) is 32.6. The first-order valence-corrected chi connectivity index (χ1v) is 16.4. The number of nitrogen functional groups attached to an aromatic ring is 1. The van der Waals surface area contributed by atoms with Crippen molar-refractivity contribution in [1.82, 2.24) is 29.2 Å². The van der Waals surface area contributed by atoms with Gasteiger partial charge in [0.15, 0.2) is 5.82 Å². The highest BCUT2D eigenvalue weighted by molar-refractivity contribution is 6.06. The number of hydrogen-bond acceptors (Lipinski definition) is 8. The molecule has 3 aromatic rings. The minimum absolute atomic E-state index is 0.120. The number of imidazole rings is 1. The molecule has 45 heavy (non-hydrogen) atoms. The maximum Gasteiger partial charge on any atom is 0.309 e. The second-order valence-corrected chi connectivity index (χ2v) is 12.6. The van der Waals surface area contributed by atoms with Crippen molar-refractivity contribution in [2.45, 2.75) is 52.5 Å². The second-order valence-electron chi connectivity index (χ2n) is 12.6. The number of fused-ring (bicyclic) bond motifs is 3. The van der Waals surface area contributed by atoms with Crippen LogP contribution >= 0.6 is 0 Å². The number of unbranched alkanes of at least 4 members (excludes halogenated alkanes) is 1. The zero-order valence-corrected chi connectivity index (χ0v) is 27.4. The number of hydrogen-bond donors (Lipinski definition) is 1. The fourth-order valence-electron chi connectivity index (χ4n) is 6.44. The fourth-order valence-corrected chi connectivity index (χ4v) is 6.44. The van der Waals surface area contributed by atoms with Crippen LogP contribution in [0.2, 0.25) is 0 Å². The molecule has 10 heteroatoms. The Hall–Kier alpha value is -3.76. The summed E-state index contributed by atoms with van der Waals surface area (Å²) in [5, 5.41) is 1.05. The van der Waals surface area contributed by atoms with Crippen LogP contribution in [-0.4, -0.2) is 101 Å². The molecule has 2 N–H and O–H groups in total. The van der Waals surface area contributed by atoms with Crippen LogP contribution in [0.25, 0.3) is 21.9 Å². The molecule has 0 spiro atoms. The number of para-hydroxylation sites is 1. The Morgan fingerprint density at radius 2 is 1.89 bits per heavy atom. The maximum absolute atomic E-state index is 13.9. The molecule has 0 saturated carbocycles. The van der Waals surface area contributed by atoms with Gasteiger partial charge >= 0.3 is 5.97 Å². The van der Waals surface area contributed by atoms with E-state index in [-0.39, 0.29) is 30.1 Å². The molecule has 2 atom stereocenters. The lowest BCUT2D eigenvalue weighted by molar-refractivity contribution is -0.139. The lowest BCUT2D eigenvalue weighted by Gasteiger charge is -2.35. The van der Waals surface area contributed by atoms with E-state index in [9.17, 15) is 9.59 Å². The summed E-state index contributed by atoms with van der Waals surface area (Å²) < 4.78 is 7.22. The quantitative estimate of drug-likeness (QED) is 0.284. The number of piperazine rings is 1. The van der Waals surface area contributed by atoms with Gasteiger partial charge in [-0.2, -0.15) is 0 Å². The monoisotopic (exact) mass is 615 g/mol. The molecular formula is C35H49N7O3. The minimum atomic E-state index is -0.253. The third-order valence-electron chi connectivity index (χ3n) is 9.29. The summed E-state index contributed by atoms with van der Waals surface area (Å²) in [6.45, 7) is 10.5. The number of nitrogens with zero attached hydrogens (tertiary/aromatic N) is 6. The van der Waals surface area contributed by atoms with Gasteiger partial charge in [-0.05, 0) is 37.4 Å². The van der Waals surface area contributed by atoms with Crippen LogP contribution in [0.3, 0.4) is 0 Å². The Kier molecular flexibility index (Phi) is 10.9. The van der Waals surface area contributed by atoms with Crippen LogP contribution in [0.1, 0.15) is 45.4 Å². The van der Waals surface area contributed by atoms with Gasteiger partial charge in [-0.1, -0.05) is 56.7 Å². The van der Waals surface area contributed by atoms with E-state index in [1.54, 1.807) is 0 Å². The molecule has 0 bridgehead atoms. The van der Waals surface area contributed by atoms with Crippen molar-refractivity contribution in [3.05, 3.63) is 53.9 Å². The van der Waals surface area contributed by atoms with Gasteiger partial charge in [-0.3, -0.25) is 14.5 Å². The number of esters is 1. The Bertz CT molecular complexity index is 1550. The summed E-state index contributed by atoms with van der Waals surface area (Å²) in [6.07, 6.45) is 10.3. The van der Waals surface area contributed by atoms with Crippen molar-refractivity contribution in [2.75, 3.05) is 65.7 Å². The van der Waals surface area contributed by atoms with Crippen LogP contribution in [-0.2, 0) is 27.3 Å². The predicted octanol–water partition coefficient (Wildman–Crippen LogP) is 4.29. The number of nitrogens with two attached hydrogens (primary N) is 1. The third kappa shape index (κ3) is 7.91. The number of aryl methyl sites for hydroxylation is 2. The van der Waals surface area contributed by atoms with Gasteiger partial charge in [0.2, 0.25) is 5.91 Å². The molecule has 1 saturated heterocycles. The summed E-state index contributed by atoms with van der Waals surface area (Å²) >= 11 is 0. The number of allylic oxidation sites excluding steroid dienone is 2. The molecule has 1 aliphatic carbocycles. The molecule has 0 radical (unpaired) electrons. The molecular weight excluding hydrogens is 566 g/mol. The molecule has 1 aliphatic heterocycles. The van der Waals surface area contributed by atoms with Gasteiger partial charge < -0.3 is 24.8 Å². The van der Waals surface area contributed by atoms with E-state index < -0.39 is 0 Å². The van der Waals surface area contributed by atoms with Gasteiger partial charge in [0.25, 0.3) is 0 Å². The summed E-state index contributed by atoms with van der Waals surface area (Å²) in [7, 11) is 3.54. The molecule has 1 fully saturated rings. The Labute approximate surface area is 266 Å². The zero-order valence-electron chi connectivity index (χ0n) is 27.4. The standard InChI is InChI=1S/C35H49N7O3/c1-5-6-12-30-38-33-34(28-10-7-8-11-29(28)37-35(33)36)42(30)16-9-15-41(31(43)24-40-19-17-39(3)18-20-40)23-27-21-26(14-13-25(27)2)22-32(44)45-4/h7-8,10-11,13-14,21,25,27H,5-6,9,12,15-20,22-24H2,1-4H3,(H2,36,37). The lowest BCUT2D eigenvalue weighted by atomic mass is 9.85. The number of aromatic nitrogens is 3. The molecule has 2 unspecified atom stereocenters. The van der Waals surface area contributed by atoms with Crippen LogP contribution in [0, 0.1) is 11.8 Å². The van der Waals surface area contributed by atoms with Gasteiger partial charge in [-0.15, -0.1) is 0 Å². The third-order valence-corrected chi connectivity index (χ3v) is 9.29. The number of carbonyl (C=O) groups is 2. The highest BCUT2D eigenvalue weighted by atomic mass is 16.5. The summed E-state index contributed by atoms with van der Waals surface area (Å²) in [5.74, 6) is 1.76. The number of likely N-dealkylation sites (N-methyl/N-ethyl adjacent to an activating group) is 1. The van der Waals surface area contributed by atoms with Gasteiger partial charge in [-0.25, -0.2) is 9.97 Å². The topological polar surface area (TPSA) is 110 Å². The Morgan fingerprint density at radius 3 is 2.64 bits per heavy atom. The fraction of sp³-hybridized carbons (Fsp3) is 0.543. The van der Waals surface area contributed by atoms with E-state index in [1.807, 2.05) is 29.2 Å². The van der Waals surface area contributed by atoms with Crippen molar-refractivity contribution in [2.24, 2.45) is 11.8 Å². The van der Waals surface area contributed by atoms with E-state index >= 15 is 0 Å². The molecule has 3 heterocycles. The van der Waals surface area contributed by atoms with E-state index in [0.29, 0.717) is 25.5 Å². The van der Waals surface area contributed by atoms with Gasteiger partial charge in [0.05, 0.1) is 31.1 Å². The number of pyridine rings is 1. The van der Waals surface area contributed by atoms with Crippen LogP contribution in [0.4, 0.5) is 5.82 Å². The van der Waals surface area contributed by atoms with Crippen molar-refractivity contribution in [1.29, 1.82) is 0 Å². The molecule has 242 valence electrons. The van der Waals surface area contributed by atoms with Crippen molar-refractivity contribution >= 4 is 39.6 Å². The Balaban J connectivity index is 1.38. The largest absolute Gasteiger partial charge is 0.469 e. The molecule has 2 aromatic heterocycles. The second kappa shape index (κ2) is 15.0. The van der Waals surface area contributed by atoms with Crippen molar-refractivity contribution in [3.63, 3.8) is 0 Å². The normalized spacial score (nSPS) is 19.2. The van der Waals surface area contributed by atoms with E-state index in [2.05, 4.69) is 58.5 Å². The molecule has 1 aromatic carbocycles. The number of ether oxygens (including phenoxy) is 1. The predicted molar refractivity (Wildman–Crippen MR) is 180 cm³/mol. The SMILES string of the molecule is CCCCc1nc2c(N)nc3ccccc3c2n1CCCN(CC1C=C(CC(=O)OC)C=CC1C)C(=O)CN1CCN(C)CC1. The van der Waals surface area contributed by atoms with Crippen molar-refractivity contribution in [3.8, 4) is 0 Å². The number of benzene rings is 1. The number of amides is 1. The first-order chi connectivity index (χ1) is 21.8. The zero-order chi connectivity index (χ0) is 31.9. The number of anilines is 1. The highest BCUT2D eigenvalue weighted by Crippen LogP contribution is 2.30. The summed E-state index contributed by atoms with van der Waals surface area (Å²) in [4.78, 5) is 42.2. The van der Waals surface area contributed by atoms with E-state index in [1.165, 1.54) is 7.11 Å². The molecule has 10 nitrogen and oxygen atoms in total. The number of rotatable bonds is 13. The lowest BCUT2D eigenvalue weighted by Crippen LogP contribution is -2.50. The average molecular weight is 616 g/mol. The van der Waals surface area contributed by atoms with E-state index in [0.717, 1.165) is 91.7 Å². The van der Waals surface area contributed by atoms with Crippen LogP contribution < -0.4 is 5.73 Å². The van der Waals surface area contributed by atoms with Crippen LogP contribution in [0.5, 0.6) is 0 Å². The summed E-state index contributed by atoms with van der Waals surface area (Å²) in [6, 6.07) is 8.10. The number of carbonyl (C=O) groups excluding carboxylic acids is 2. The summed E-state index contributed by atoms with van der Waals surface area (Å²) in [5.41, 5.74) is 10.0. The van der Waals surface area contributed by atoms with Crippen LogP contribution in [0.15, 0.2) is 48.1 Å². The minimum Gasteiger partial charge on any atom is -0.469 e. The van der Waals surface area contributed by atoms with E-state index in [4.69, 9.17) is 15.5 Å². The maximum atomic E-state index is 13.9. The molecule has 5 rings (SSSR count). The molecule has 1 amide bonds.